The molecular formula is C13H21FN2. The van der Waals surface area contributed by atoms with Crippen LogP contribution in [0.3, 0.4) is 0 Å². The summed E-state index contributed by atoms with van der Waals surface area (Å²) in [6, 6.07) is 4.39. The minimum Gasteiger partial charge on any atom is -0.397 e. The number of halogens is 1. The van der Waals surface area contributed by atoms with E-state index in [1.165, 1.54) is 12.1 Å². The molecule has 0 heterocycles. The SMILES string of the molecule is CC(CNc1cc(F)ccc1N)C(C)(C)C. The summed E-state index contributed by atoms with van der Waals surface area (Å²) in [6.45, 7) is 9.52. The minimum atomic E-state index is -0.264. The van der Waals surface area contributed by atoms with E-state index in [0.717, 1.165) is 6.54 Å². The van der Waals surface area contributed by atoms with Gasteiger partial charge in [0.2, 0.25) is 0 Å². The molecule has 0 aromatic heterocycles. The molecule has 1 aromatic rings. The van der Waals surface area contributed by atoms with Crippen LogP contribution in [0.5, 0.6) is 0 Å². The zero-order chi connectivity index (χ0) is 12.3. The maximum atomic E-state index is 13.0. The van der Waals surface area contributed by atoms with Crippen molar-refractivity contribution in [3.63, 3.8) is 0 Å². The number of anilines is 2. The Bertz CT molecular complexity index is 355. The van der Waals surface area contributed by atoms with Crippen molar-refractivity contribution in [1.29, 1.82) is 0 Å². The highest BCUT2D eigenvalue weighted by molar-refractivity contribution is 5.65. The normalized spacial score (nSPS) is 13.6. The van der Waals surface area contributed by atoms with E-state index in [2.05, 4.69) is 33.0 Å². The molecule has 1 rings (SSSR count). The fourth-order valence-electron chi connectivity index (χ4n) is 1.25. The lowest BCUT2D eigenvalue weighted by Gasteiger charge is -2.28. The standard InChI is InChI=1S/C13H21FN2/c1-9(13(2,3)4)8-16-12-7-10(14)5-6-11(12)15/h5-7,9,16H,8,15H2,1-4H3. The van der Waals surface area contributed by atoms with Crippen LogP contribution in [0.1, 0.15) is 27.7 Å². The van der Waals surface area contributed by atoms with Gasteiger partial charge in [-0.25, -0.2) is 4.39 Å². The highest BCUT2D eigenvalue weighted by atomic mass is 19.1. The van der Waals surface area contributed by atoms with Crippen LogP contribution >= 0.6 is 0 Å². The molecule has 0 saturated carbocycles. The predicted molar refractivity (Wildman–Crippen MR) is 67.9 cm³/mol. The molecule has 1 unspecified atom stereocenters. The second-order valence-corrected chi connectivity index (χ2v) is 5.38. The van der Waals surface area contributed by atoms with Crippen LogP contribution in [0.15, 0.2) is 18.2 Å². The summed E-state index contributed by atoms with van der Waals surface area (Å²) >= 11 is 0. The lowest BCUT2D eigenvalue weighted by molar-refractivity contribution is 0.274. The maximum Gasteiger partial charge on any atom is 0.125 e. The Balaban J connectivity index is 2.64. The summed E-state index contributed by atoms with van der Waals surface area (Å²) < 4.78 is 13.0. The number of benzene rings is 1. The molecule has 0 aliphatic carbocycles. The largest absolute Gasteiger partial charge is 0.397 e. The summed E-state index contributed by atoms with van der Waals surface area (Å²) in [5.74, 6) is 0.218. The molecule has 0 amide bonds. The van der Waals surface area contributed by atoms with Gasteiger partial charge in [-0.05, 0) is 29.5 Å². The van der Waals surface area contributed by atoms with Crippen molar-refractivity contribution in [2.24, 2.45) is 11.3 Å². The molecule has 0 saturated heterocycles. The van der Waals surface area contributed by atoms with Crippen molar-refractivity contribution in [1.82, 2.24) is 0 Å². The third-order valence-electron chi connectivity index (χ3n) is 3.09. The Morgan fingerprint density at radius 2 is 2.00 bits per heavy atom. The first-order valence-electron chi connectivity index (χ1n) is 5.59. The number of nitrogens with two attached hydrogens (primary N) is 1. The molecule has 3 N–H and O–H groups in total. The highest BCUT2D eigenvalue weighted by Crippen LogP contribution is 2.26. The second kappa shape index (κ2) is 4.73. The topological polar surface area (TPSA) is 38.0 Å². The average molecular weight is 224 g/mol. The summed E-state index contributed by atoms with van der Waals surface area (Å²) in [6.07, 6.45) is 0. The minimum absolute atomic E-state index is 0.231. The zero-order valence-corrected chi connectivity index (χ0v) is 10.5. The van der Waals surface area contributed by atoms with Crippen LogP contribution in [0.25, 0.3) is 0 Å². The lowest BCUT2D eigenvalue weighted by atomic mass is 9.82. The van der Waals surface area contributed by atoms with Gasteiger partial charge in [-0.1, -0.05) is 27.7 Å². The highest BCUT2D eigenvalue weighted by Gasteiger charge is 2.19. The lowest BCUT2D eigenvalue weighted by Crippen LogP contribution is -2.25. The number of nitrogens with one attached hydrogen (secondary N) is 1. The van der Waals surface area contributed by atoms with E-state index in [1.807, 2.05) is 0 Å². The number of nitrogen functional groups attached to an aromatic ring is 1. The molecule has 0 fully saturated rings. The van der Waals surface area contributed by atoms with E-state index in [1.54, 1.807) is 6.07 Å². The van der Waals surface area contributed by atoms with Crippen LogP contribution in [0.4, 0.5) is 15.8 Å². The molecule has 0 spiro atoms. The van der Waals surface area contributed by atoms with Gasteiger partial charge in [-0.2, -0.15) is 0 Å². The number of hydrogen-bond acceptors (Lipinski definition) is 2. The third kappa shape index (κ3) is 3.40. The van der Waals surface area contributed by atoms with Crippen molar-refractivity contribution in [2.75, 3.05) is 17.6 Å². The van der Waals surface area contributed by atoms with E-state index >= 15 is 0 Å². The van der Waals surface area contributed by atoms with Gasteiger partial charge in [0.15, 0.2) is 0 Å². The predicted octanol–water partition coefficient (Wildman–Crippen LogP) is 3.50. The van der Waals surface area contributed by atoms with E-state index in [4.69, 9.17) is 5.73 Å². The summed E-state index contributed by atoms with van der Waals surface area (Å²) in [5, 5.41) is 3.20. The molecule has 0 bridgehead atoms. The first kappa shape index (κ1) is 12.8. The monoisotopic (exact) mass is 224 g/mol. The summed E-state index contributed by atoms with van der Waals surface area (Å²) in [5.41, 5.74) is 7.25. The quantitative estimate of drug-likeness (QED) is 0.771. The Morgan fingerprint density at radius 3 is 2.56 bits per heavy atom. The van der Waals surface area contributed by atoms with Gasteiger partial charge in [0.25, 0.3) is 0 Å². The summed E-state index contributed by atoms with van der Waals surface area (Å²) in [7, 11) is 0. The molecule has 0 aliphatic heterocycles. The Hall–Kier alpha value is -1.25. The van der Waals surface area contributed by atoms with E-state index < -0.39 is 0 Å². The smallest absolute Gasteiger partial charge is 0.125 e. The van der Waals surface area contributed by atoms with Crippen LogP contribution in [-0.2, 0) is 0 Å². The Labute approximate surface area is 97.0 Å². The Morgan fingerprint density at radius 1 is 1.38 bits per heavy atom. The Kier molecular flexibility index (Phi) is 3.79. The van der Waals surface area contributed by atoms with Crippen molar-refractivity contribution >= 4 is 11.4 Å². The molecule has 90 valence electrons. The average Bonchev–Trinajstić information content (AvgIpc) is 2.17. The van der Waals surface area contributed by atoms with Gasteiger partial charge in [0.05, 0.1) is 11.4 Å². The zero-order valence-electron chi connectivity index (χ0n) is 10.5. The molecule has 16 heavy (non-hydrogen) atoms. The van der Waals surface area contributed by atoms with Crippen LogP contribution in [0, 0.1) is 17.2 Å². The summed E-state index contributed by atoms with van der Waals surface area (Å²) in [4.78, 5) is 0. The molecular weight excluding hydrogens is 203 g/mol. The van der Waals surface area contributed by atoms with Gasteiger partial charge < -0.3 is 11.1 Å². The van der Waals surface area contributed by atoms with Crippen LogP contribution in [-0.4, -0.2) is 6.54 Å². The van der Waals surface area contributed by atoms with Crippen LogP contribution in [0.2, 0.25) is 0 Å². The van der Waals surface area contributed by atoms with Gasteiger partial charge in [-0.15, -0.1) is 0 Å². The first-order chi connectivity index (χ1) is 7.30. The van der Waals surface area contributed by atoms with E-state index in [0.29, 0.717) is 17.3 Å². The molecule has 2 nitrogen and oxygen atoms in total. The van der Waals surface area contributed by atoms with Crippen molar-refractivity contribution in [3.05, 3.63) is 24.0 Å². The van der Waals surface area contributed by atoms with Gasteiger partial charge in [0.1, 0.15) is 5.82 Å². The van der Waals surface area contributed by atoms with E-state index in [-0.39, 0.29) is 11.2 Å². The van der Waals surface area contributed by atoms with Gasteiger partial charge >= 0.3 is 0 Å². The fraction of sp³-hybridized carbons (Fsp3) is 0.538. The van der Waals surface area contributed by atoms with E-state index in [9.17, 15) is 4.39 Å². The van der Waals surface area contributed by atoms with Crippen molar-refractivity contribution < 1.29 is 4.39 Å². The molecule has 0 aliphatic rings. The molecule has 0 radical (unpaired) electrons. The second-order valence-electron chi connectivity index (χ2n) is 5.38. The molecule has 1 aromatic carbocycles. The first-order valence-corrected chi connectivity index (χ1v) is 5.59. The third-order valence-corrected chi connectivity index (χ3v) is 3.09. The number of rotatable bonds is 3. The maximum absolute atomic E-state index is 13.0. The van der Waals surface area contributed by atoms with Crippen LogP contribution < -0.4 is 11.1 Å². The van der Waals surface area contributed by atoms with Gasteiger partial charge in [0, 0.05) is 6.54 Å². The van der Waals surface area contributed by atoms with Crippen molar-refractivity contribution in [2.45, 2.75) is 27.7 Å². The fourth-order valence-corrected chi connectivity index (χ4v) is 1.25. The number of hydrogen-bond donors (Lipinski definition) is 2. The van der Waals surface area contributed by atoms with Crippen molar-refractivity contribution in [3.8, 4) is 0 Å². The molecule has 1 atom stereocenters. The molecule has 3 heteroatoms. The van der Waals surface area contributed by atoms with Gasteiger partial charge in [-0.3, -0.25) is 0 Å².